The third kappa shape index (κ3) is 3.80. The monoisotopic (exact) mass is 285 g/mol. The molecule has 0 saturated heterocycles. The van der Waals surface area contributed by atoms with Crippen molar-refractivity contribution in [1.29, 1.82) is 0 Å². The van der Waals surface area contributed by atoms with E-state index >= 15 is 0 Å². The molecule has 1 heterocycles. The first kappa shape index (κ1) is 15.5. The van der Waals surface area contributed by atoms with Gasteiger partial charge >= 0.3 is 0 Å². The van der Waals surface area contributed by atoms with Crippen LogP contribution in [0.25, 0.3) is 0 Å². The van der Waals surface area contributed by atoms with Gasteiger partial charge in [-0.1, -0.05) is 18.2 Å². The minimum Gasteiger partial charge on any atom is -0.491 e. The van der Waals surface area contributed by atoms with Crippen LogP contribution in [0.5, 0.6) is 5.75 Å². The zero-order valence-electron chi connectivity index (χ0n) is 13.1. The number of nitrogens with zero attached hydrogens (tertiary/aromatic N) is 1. The molecule has 2 rings (SSSR count). The van der Waals surface area contributed by atoms with Crippen LogP contribution >= 0.6 is 0 Å². The number of hydrazine groups is 1. The van der Waals surface area contributed by atoms with E-state index in [0.717, 1.165) is 28.1 Å². The van der Waals surface area contributed by atoms with Crippen molar-refractivity contribution in [3.8, 4) is 5.75 Å². The molecular weight excluding hydrogens is 262 g/mol. The van der Waals surface area contributed by atoms with Gasteiger partial charge in [0, 0.05) is 6.20 Å². The second kappa shape index (κ2) is 6.70. The highest BCUT2D eigenvalue weighted by Gasteiger charge is 2.16. The molecule has 0 spiro atoms. The summed E-state index contributed by atoms with van der Waals surface area (Å²) >= 11 is 0. The second-order valence-corrected chi connectivity index (χ2v) is 5.55. The Kier molecular flexibility index (Phi) is 4.94. The van der Waals surface area contributed by atoms with E-state index in [9.17, 15) is 0 Å². The molecule has 0 fully saturated rings. The van der Waals surface area contributed by atoms with Crippen LogP contribution in [0.4, 0.5) is 0 Å². The first-order valence-electron chi connectivity index (χ1n) is 7.17. The van der Waals surface area contributed by atoms with Gasteiger partial charge in [-0.2, -0.15) is 0 Å². The Morgan fingerprint density at radius 3 is 2.33 bits per heavy atom. The number of ether oxygens (including phenoxy) is 1. The van der Waals surface area contributed by atoms with E-state index < -0.39 is 0 Å². The summed E-state index contributed by atoms with van der Waals surface area (Å²) in [5.74, 6) is 6.60. The Bertz CT molecular complexity index is 593. The van der Waals surface area contributed by atoms with Crippen LogP contribution in [0.15, 0.2) is 36.5 Å². The number of nitrogens with two attached hydrogens (primary N) is 1. The van der Waals surface area contributed by atoms with Gasteiger partial charge in [0.1, 0.15) is 5.75 Å². The largest absolute Gasteiger partial charge is 0.491 e. The highest BCUT2D eigenvalue weighted by Crippen LogP contribution is 2.25. The molecule has 4 nitrogen and oxygen atoms in total. The molecule has 0 radical (unpaired) electrons. The maximum Gasteiger partial charge on any atom is 0.119 e. The Hall–Kier alpha value is -1.91. The summed E-state index contributed by atoms with van der Waals surface area (Å²) in [6, 6.07) is 9.94. The summed E-state index contributed by atoms with van der Waals surface area (Å²) in [5.41, 5.74) is 7.13. The molecule has 1 aromatic carbocycles. The quantitative estimate of drug-likeness (QED) is 0.655. The molecule has 4 heteroatoms. The first-order chi connectivity index (χ1) is 10.0. The maximum atomic E-state index is 5.74. The van der Waals surface area contributed by atoms with Crippen LogP contribution in [0.3, 0.4) is 0 Å². The van der Waals surface area contributed by atoms with Gasteiger partial charge < -0.3 is 4.74 Å². The minimum atomic E-state index is -0.126. The van der Waals surface area contributed by atoms with Crippen LogP contribution < -0.4 is 16.0 Å². The van der Waals surface area contributed by atoms with Crippen molar-refractivity contribution < 1.29 is 4.74 Å². The van der Waals surface area contributed by atoms with Crippen LogP contribution in [-0.4, -0.2) is 11.1 Å². The predicted molar refractivity (Wildman–Crippen MR) is 85.1 cm³/mol. The molecule has 21 heavy (non-hydrogen) atoms. The lowest BCUT2D eigenvalue weighted by atomic mass is 9.99. The van der Waals surface area contributed by atoms with E-state index in [1.807, 2.05) is 51.2 Å². The van der Waals surface area contributed by atoms with E-state index in [1.165, 1.54) is 0 Å². The molecule has 0 saturated carbocycles. The lowest BCUT2D eigenvalue weighted by molar-refractivity contribution is 0.242. The smallest absolute Gasteiger partial charge is 0.119 e. The summed E-state index contributed by atoms with van der Waals surface area (Å²) in [6.45, 7) is 8.11. The molecule has 112 valence electrons. The van der Waals surface area contributed by atoms with Crippen molar-refractivity contribution in [2.24, 2.45) is 5.84 Å². The van der Waals surface area contributed by atoms with Crippen LogP contribution in [0, 0.1) is 13.8 Å². The SMILES string of the molecule is Cc1cnc(C(NN)c2ccc(OC(C)C)cc2)c(C)c1. The van der Waals surface area contributed by atoms with Gasteiger partial charge in [-0.25, -0.2) is 5.43 Å². The Labute approximate surface area is 126 Å². The summed E-state index contributed by atoms with van der Waals surface area (Å²) in [7, 11) is 0. The van der Waals surface area contributed by atoms with Crippen molar-refractivity contribution in [3.05, 3.63) is 58.9 Å². The molecule has 2 aromatic rings. The lowest BCUT2D eigenvalue weighted by Gasteiger charge is -2.19. The van der Waals surface area contributed by atoms with Gasteiger partial charge in [-0.15, -0.1) is 0 Å². The fraction of sp³-hybridized carbons (Fsp3) is 0.353. The van der Waals surface area contributed by atoms with Gasteiger partial charge in [0.05, 0.1) is 17.8 Å². The third-order valence-corrected chi connectivity index (χ3v) is 3.28. The van der Waals surface area contributed by atoms with Gasteiger partial charge in [-0.05, 0) is 56.5 Å². The van der Waals surface area contributed by atoms with E-state index in [2.05, 4.69) is 23.4 Å². The highest BCUT2D eigenvalue weighted by molar-refractivity contribution is 5.36. The average molecular weight is 285 g/mol. The van der Waals surface area contributed by atoms with Crippen LogP contribution in [-0.2, 0) is 0 Å². The van der Waals surface area contributed by atoms with Crippen LogP contribution in [0.2, 0.25) is 0 Å². The zero-order valence-corrected chi connectivity index (χ0v) is 13.1. The van der Waals surface area contributed by atoms with E-state index in [1.54, 1.807) is 0 Å². The third-order valence-electron chi connectivity index (χ3n) is 3.28. The van der Waals surface area contributed by atoms with E-state index in [4.69, 9.17) is 10.6 Å². The number of rotatable bonds is 5. The van der Waals surface area contributed by atoms with Crippen molar-refractivity contribution >= 4 is 0 Å². The molecule has 0 amide bonds. The average Bonchev–Trinajstić information content (AvgIpc) is 2.43. The molecule has 1 unspecified atom stereocenters. The summed E-state index contributed by atoms with van der Waals surface area (Å²) in [5, 5.41) is 0. The predicted octanol–water partition coefficient (Wildman–Crippen LogP) is 3.04. The normalized spacial score (nSPS) is 12.5. The maximum absolute atomic E-state index is 5.74. The molecule has 1 aromatic heterocycles. The number of aryl methyl sites for hydroxylation is 2. The molecule has 0 aliphatic heterocycles. The summed E-state index contributed by atoms with van der Waals surface area (Å²) in [6.07, 6.45) is 2.03. The molecule has 0 bridgehead atoms. The van der Waals surface area contributed by atoms with E-state index in [-0.39, 0.29) is 12.1 Å². The standard InChI is InChI=1S/C17H23N3O/c1-11(2)21-15-7-5-14(6-8-15)17(20-18)16-13(4)9-12(3)10-19-16/h5-11,17,20H,18H2,1-4H3. The lowest BCUT2D eigenvalue weighted by Crippen LogP contribution is -2.30. The molecule has 3 N–H and O–H groups in total. The molecule has 1 atom stereocenters. The van der Waals surface area contributed by atoms with Gasteiger partial charge in [0.15, 0.2) is 0 Å². The Morgan fingerprint density at radius 1 is 1.14 bits per heavy atom. The summed E-state index contributed by atoms with van der Waals surface area (Å²) < 4.78 is 5.66. The Balaban J connectivity index is 2.28. The number of aromatic nitrogens is 1. The zero-order chi connectivity index (χ0) is 15.4. The molecule has 0 aliphatic rings. The first-order valence-corrected chi connectivity index (χ1v) is 7.17. The van der Waals surface area contributed by atoms with Crippen LogP contribution in [0.1, 0.15) is 42.3 Å². The van der Waals surface area contributed by atoms with E-state index in [0.29, 0.717) is 0 Å². The van der Waals surface area contributed by atoms with Crippen molar-refractivity contribution in [1.82, 2.24) is 10.4 Å². The number of hydrogen-bond donors (Lipinski definition) is 2. The highest BCUT2D eigenvalue weighted by atomic mass is 16.5. The van der Waals surface area contributed by atoms with Crippen molar-refractivity contribution in [3.63, 3.8) is 0 Å². The fourth-order valence-electron chi connectivity index (χ4n) is 2.37. The Morgan fingerprint density at radius 2 is 1.81 bits per heavy atom. The molecular formula is C17H23N3O. The fourth-order valence-corrected chi connectivity index (χ4v) is 2.37. The number of nitrogens with one attached hydrogen (secondary N) is 1. The van der Waals surface area contributed by atoms with Crippen molar-refractivity contribution in [2.45, 2.75) is 39.8 Å². The van der Waals surface area contributed by atoms with Gasteiger partial charge in [-0.3, -0.25) is 10.8 Å². The number of hydrogen-bond acceptors (Lipinski definition) is 4. The van der Waals surface area contributed by atoms with Crippen molar-refractivity contribution in [2.75, 3.05) is 0 Å². The number of benzene rings is 1. The molecule has 0 aliphatic carbocycles. The van der Waals surface area contributed by atoms with Gasteiger partial charge in [0.2, 0.25) is 0 Å². The summed E-state index contributed by atoms with van der Waals surface area (Å²) in [4.78, 5) is 4.52. The topological polar surface area (TPSA) is 60.2 Å². The second-order valence-electron chi connectivity index (χ2n) is 5.55. The number of pyridine rings is 1. The minimum absolute atomic E-state index is 0.126. The van der Waals surface area contributed by atoms with Gasteiger partial charge in [0.25, 0.3) is 0 Å².